The van der Waals surface area contributed by atoms with Crippen molar-refractivity contribution in [2.45, 2.75) is 51.7 Å². The summed E-state index contributed by atoms with van der Waals surface area (Å²) in [7, 11) is 0. The highest BCUT2D eigenvalue weighted by atomic mass is 35.5. The zero-order valence-electron chi connectivity index (χ0n) is 12.7. The van der Waals surface area contributed by atoms with Crippen molar-refractivity contribution in [1.29, 1.82) is 0 Å². The van der Waals surface area contributed by atoms with Crippen LogP contribution in [0.5, 0.6) is 0 Å². The van der Waals surface area contributed by atoms with E-state index in [4.69, 9.17) is 9.47 Å². The van der Waals surface area contributed by atoms with Crippen molar-refractivity contribution < 1.29 is 14.3 Å². The molecule has 1 amide bonds. The maximum atomic E-state index is 11.7. The SMILES string of the molecule is CCCNCCNC(=O)C(C)OCC1CCCCO1.Cl. The third-order valence-electron chi connectivity index (χ3n) is 3.20. The Hall–Kier alpha value is -0.360. The summed E-state index contributed by atoms with van der Waals surface area (Å²) in [5.74, 6) is -0.0471. The molecule has 1 aliphatic heterocycles. The predicted octanol–water partition coefficient (Wildman–Crippen LogP) is 1.50. The van der Waals surface area contributed by atoms with Gasteiger partial charge in [-0.2, -0.15) is 0 Å². The largest absolute Gasteiger partial charge is 0.376 e. The summed E-state index contributed by atoms with van der Waals surface area (Å²) in [6.07, 6.45) is 4.23. The molecule has 20 heavy (non-hydrogen) atoms. The van der Waals surface area contributed by atoms with Gasteiger partial charge in [0.1, 0.15) is 6.10 Å². The van der Waals surface area contributed by atoms with Gasteiger partial charge in [0.25, 0.3) is 0 Å². The molecule has 0 aliphatic carbocycles. The molecule has 6 heteroatoms. The number of ether oxygens (including phenoxy) is 2. The monoisotopic (exact) mass is 308 g/mol. The van der Waals surface area contributed by atoms with Gasteiger partial charge in [-0.25, -0.2) is 0 Å². The molecule has 0 aromatic heterocycles. The fourth-order valence-electron chi connectivity index (χ4n) is 1.99. The number of hydrogen-bond acceptors (Lipinski definition) is 4. The van der Waals surface area contributed by atoms with Gasteiger partial charge in [-0.3, -0.25) is 4.79 Å². The van der Waals surface area contributed by atoms with E-state index in [-0.39, 0.29) is 24.4 Å². The first-order chi connectivity index (χ1) is 9.24. The van der Waals surface area contributed by atoms with Crippen molar-refractivity contribution in [2.75, 3.05) is 32.8 Å². The van der Waals surface area contributed by atoms with Gasteiger partial charge >= 0.3 is 0 Å². The second kappa shape index (κ2) is 12.4. The van der Waals surface area contributed by atoms with E-state index in [0.29, 0.717) is 13.2 Å². The summed E-state index contributed by atoms with van der Waals surface area (Å²) in [6, 6.07) is 0. The molecule has 0 saturated carbocycles. The Balaban J connectivity index is 0.00000361. The van der Waals surface area contributed by atoms with Crippen LogP contribution >= 0.6 is 12.4 Å². The van der Waals surface area contributed by atoms with Gasteiger partial charge < -0.3 is 20.1 Å². The lowest BCUT2D eigenvalue weighted by molar-refractivity contribution is -0.135. The second-order valence-corrected chi connectivity index (χ2v) is 5.01. The van der Waals surface area contributed by atoms with Crippen molar-refractivity contribution in [3.63, 3.8) is 0 Å². The van der Waals surface area contributed by atoms with Crippen molar-refractivity contribution in [3.8, 4) is 0 Å². The quantitative estimate of drug-likeness (QED) is 0.634. The van der Waals surface area contributed by atoms with Gasteiger partial charge in [0.2, 0.25) is 5.91 Å². The van der Waals surface area contributed by atoms with Crippen LogP contribution in [0, 0.1) is 0 Å². The van der Waals surface area contributed by atoms with Crippen LogP contribution in [-0.4, -0.2) is 51.0 Å². The van der Waals surface area contributed by atoms with E-state index in [0.717, 1.165) is 39.0 Å². The lowest BCUT2D eigenvalue weighted by atomic mass is 10.1. The number of nitrogens with one attached hydrogen (secondary N) is 2. The summed E-state index contributed by atoms with van der Waals surface area (Å²) in [6.45, 7) is 7.68. The highest BCUT2D eigenvalue weighted by Gasteiger charge is 2.18. The van der Waals surface area contributed by atoms with E-state index in [1.807, 2.05) is 0 Å². The van der Waals surface area contributed by atoms with E-state index in [1.165, 1.54) is 6.42 Å². The fraction of sp³-hybridized carbons (Fsp3) is 0.929. The highest BCUT2D eigenvalue weighted by Crippen LogP contribution is 2.13. The molecule has 2 N–H and O–H groups in total. The van der Waals surface area contributed by atoms with Crippen molar-refractivity contribution in [2.24, 2.45) is 0 Å². The van der Waals surface area contributed by atoms with Crippen LogP contribution in [0.1, 0.15) is 39.5 Å². The third-order valence-corrected chi connectivity index (χ3v) is 3.20. The fourth-order valence-corrected chi connectivity index (χ4v) is 1.99. The molecule has 0 aromatic carbocycles. The summed E-state index contributed by atoms with van der Waals surface area (Å²) < 4.78 is 11.1. The van der Waals surface area contributed by atoms with Crippen LogP contribution in [0.4, 0.5) is 0 Å². The summed E-state index contributed by atoms with van der Waals surface area (Å²) >= 11 is 0. The Labute approximate surface area is 128 Å². The summed E-state index contributed by atoms with van der Waals surface area (Å²) in [5, 5.41) is 6.10. The van der Waals surface area contributed by atoms with Gasteiger partial charge in [0.15, 0.2) is 0 Å². The molecule has 0 aromatic rings. The molecule has 1 saturated heterocycles. The average Bonchev–Trinajstić information content (AvgIpc) is 2.45. The Kier molecular flexibility index (Phi) is 12.2. The lowest BCUT2D eigenvalue weighted by Crippen LogP contribution is -2.39. The molecule has 1 rings (SSSR count). The topological polar surface area (TPSA) is 59.6 Å². The van der Waals surface area contributed by atoms with E-state index in [2.05, 4.69) is 17.6 Å². The first-order valence-electron chi connectivity index (χ1n) is 7.45. The van der Waals surface area contributed by atoms with Gasteiger partial charge in [-0.05, 0) is 39.2 Å². The minimum absolute atomic E-state index is 0. The number of carbonyl (C=O) groups excluding carboxylic acids is 1. The Bertz CT molecular complexity index is 249. The number of carbonyl (C=O) groups is 1. The van der Waals surface area contributed by atoms with Crippen LogP contribution in [0.15, 0.2) is 0 Å². The zero-order valence-corrected chi connectivity index (χ0v) is 13.5. The molecule has 1 heterocycles. The van der Waals surface area contributed by atoms with E-state index in [9.17, 15) is 4.79 Å². The van der Waals surface area contributed by atoms with Gasteiger partial charge in [-0.15, -0.1) is 12.4 Å². The summed E-state index contributed by atoms with van der Waals surface area (Å²) in [4.78, 5) is 11.7. The molecule has 0 radical (unpaired) electrons. The van der Waals surface area contributed by atoms with Crippen LogP contribution in [0.3, 0.4) is 0 Å². The first-order valence-corrected chi connectivity index (χ1v) is 7.45. The average molecular weight is 309 g/mol. The normalized spacial score (nSPS) is 20.0. The maximum absolute atomic E-state index is 11.7. The predicted molar refractivity (Wildman–Crippen MR) is 82.4 cm³/mol. The molecule has 120 valence electrons. The third kappa shape index (κ3) is 8.74. The molecule has 0 spiro atoms. The van der Waals surface area contributed by atoms with Gasteiger partial charge in [-0.1, -0.05) is 6.92 Å². The first kappa shape index (κ1) is 19.6. The van der Waals surface area contributed by atoms with Gasteiger partial charge in [0.05, 0.1) is 12.7 Å². The van der Waals surface area contributed by atoms with Crippen LogP contribution in [-0.2, 0) is 14.3 Å². The highest BCUT2D eigenvalue weighted by molar-refractivity contribution is 5.85. The molecule has 0 bridgehead atoms. The molecule has 2 atom stereocenters. The van der Waals surface area contributed by atoms with E-state index < -0.39 is 6.10 Å². The molecule has 1 aliphatic rings. The minimum atomic E-state index is -0.406. The molecule has 1 fully saturated rings. The molecule has 5 nitrogen and oxygen atoms in total. The van der Waals surface area contributed by atoms with Crippen molar-refractivity contribution >= 4 is 18.3 Å². The van der Waals surface area contributed by atoms with E-state index >= 15 is 0 Å². The van der Waals surface area contributed by atoms with Gasteiger partial charge in [0, 0.05) is 19.7 Å². The molecular weight excluding hydrogens is 280 g/mol. The standard InChI is InChI=1S/C14H28N2O3.ClH/c1-3-7-15-8-9-16-14(17)12(2)19-11-13-6-4-5-10-18-13;/h12-13,15H,3-11H2,1-2H3,(H,16,17);1H. The number of halogens is 1. The Morgan fingerprint density at radius 1 is 1.35 bits per heavy atom. The second-order valence-electron chi connectivity index (χ2n) is 5.01. The number of amides is 1. The Morgan fingerprint density at radius 2 is 2.15 bits per heavy atom. The lowest BCUT2D eigenvalue weighted by Gasteiger charge is -2.23. The molecular formula is C14H29ClN2O3. The summed E-state index contributed by atoms with van der Waals surface area (Å²) in [5.41, 5.74) is 0. The zero-order chi connectivity index (χ0) is 13.9. The van der Waals surface area contributed by atoms with Crippen molar-refractivity contribution in [1.82, 2.24) is 10.6 Å². The Morgan fingerprint density at radius 3 is 2.80 bits per heavy atom. The molecule has 2 unspecified atom stereocenters. The van der Waals surface area contributed by atoms with Crippen LogP contribution in [0.25, 0.3) is 0 Å². The van der Waals surface area contributed by atoms with Crippen LogP contribution in [0.2, 0.25) is 0 Å². The van der Waals surface area contributed by atoms with E-state index in [1.54, 1.807) is 6.92 Å². The maximum Gasteiger partial charge on any atom is 0.248 e. The minimum Gasteiger partial charge on any atom is -0.376 e. The smallest absolute Gasteiger partial charge is 0.248 e. The number of rotatable bonds is 9. The van der Waals surface area contributed by atoms with Crippen LogP contribution < -0.4 is 10.6 Å². The number of hydrogen-bond donors (Lipinski definition) is 2. The van der Waals surface area contributed by atoms with Crippen molar-refractivity contribution in [3.05, 3.63) is 0 Å².